The van der Waals surface area contributed by atoms with Gasteiger partial charge < -0.3 is 15.0 Å². The number of benzene rings is 1. The van der Waals surface area contributed by atoms with Crippen LogP contribution in [0.1, 0.15) is 56.3 Å². The van der Waals surface area contributed by atoms with Crippen molar-refractivity contribution in [3.05, 3.63) is 34.9 Å². The van der Waals surface area contributed by atoms with Crippen LogP contribution in [0.2, 0.25) is 0 Å². The second-order valence-electron chi connectivity index (χ2n) is 7.25. The molecule has 28 heavy (non-hydrogen) atoms. The number of nitrogens with one attached hydrogen (secondary N) is 3. The Hall–Kier alpha value is -2.41. The lowest BCUT2D eigenvalue weighted by atomic mass is 9.89. The first-order valence-electron chi connectivity index (χ1n) is 10.1. The highest BCUT2D eigenvalue weighted by Gasteiger charge is 2.20. The first-order valence-corrected chi connectivity index (χ1v) is 10.1. The van der Waals surface area contributed by atoms with Crippen LogP contribution in [0.5, 0.6) is 0 Å². The van der Waals surface area contributed by atoms with Crippen LogP contribution in [0, 0.1) is 0 Å². The summed E-state index contributed by atoms with van der Waals surface area (Å²) in [7, 11) is 0. The number of quaternary nitrogens is 1. The maximum Gasteiger partial charge on any atom is 0.414 e. The zero-order valence-electron chi connectivity index (χ0n) is 17.1. The molecule has 2 rings (SSSR count). The summed E-state index contributed by atoms with van der Waals surface area (Å²) in [4.78, 5) is 36.4. The van der Waals surface area contributed by atoms with E-state index >= 15 is 0 Å². The fourth-order valence-electron chi connectivity index (χ4n) is 3.49. The molecule has 2 atom stereocenters. The van der Waals surface area contributed by atoms with Gasteiger partial charge in [0.2, 0.25) is 0 Å². The molecule has 0 radical (unpaired) electrons. The number of carbonyl (C=O) groups excluding carboxylic acids is 3. The highest BCUT2D eigenvalue weighted by Crippen LogP contribution is 2.24. The maximum absolute atomic E-state index is 12.4. The first kappa shape index (κ1) is 21.9. The summed E-state index contributed by atoms with van der Waals surface area (Å²) >= 11 is 0. The van der Waals surface area contributed by atoms with E-state index in [-0.39, 0.29) is 31.6 Å². The van der Waals surface area contributed by atoms with Crippen molar-refractivity contribution in [1.82, 2.24) is 10.6 Å². The summed E-state index contributed by atoms with van der Waals surface area (Å²) < 4.78 is 4.69. The Morgan fingerprint density at radius 3 is 2.43 bits per heavy atom. The Bertz CT molecular complexity index is 705. The van der Waals surface area contributed by atoms with Crippen molar-refractivity contribution in [2.75, 3.05) is 26.2 Å². The van der Waals surface area contributed by atoms with Gasteiger partial charge >= 0.3 is 6.09 Å². The minimum absolute atomic E-state index is 0.0377. The van der Waals surface area contributed by atoms with Gasteiger partial charge in [0.05, 0.1) is 19.2 Å². The lowest BCUT2D eigenvalue weighted by Crippen LogP contribution is -3.14. The van der Waals surface area contributed by atoms with Gasteiger partial charge in [0, 0.05) is 0 Å². The van der Waals surface area contributed by atoms with Gasteiger partial charge in [0.15, 0.2) is 13.1 Å². The number of alkyl carbamates (subject to hydrolysis) is 1. The third-order valence-electron chi connectivity index (χ3n) is 5.09. The molecule has 1 aliphatic rings. The minimum atomic E-state index is -0.756. The summed E-state index contributed by atoms with van der Waals surface area (Å²) in [5.74, 6) is -0.572. The summed E-state index contributed by atoms with van der Waals surface area (Å²) in [5, 5.41) is 5.18. The Kier molecular flexibility index (Phi) is 8.44. The van der Waals surface area contributed by atoms with Crippen LogP contribution in [-0.4, -0.2) is 44.1 Å². The van der Waals surface area contributed by atoms with E-state index in [0.717, 1.165) is 23.3 Å². The van der Waals surface area contributed by atoms with Crippen molar-refractivity contribution in [1.29, 1.82) is 0 Å². The number of imide groups is 1. The highest BCUT2D eigenvalue weighted by molar-refractivity contribution is 5.92. The van der Waals surface area contributed by atoms with Crippen LogP contribution >= 0.6 is 0 Å². The monoisotopic (exact) mass is 390 g/mol. The molecule has 0 saturated carbocycles. The quantitative estimate of drug-likeness (QED) is 0.616. The molecule has 1 aliphatic carbocycles. The van der Waals surface area contributed by atoms with Crippen molar-refractivity contribution in [3.8, 4) is 0 Å². The standard InChI is InChI=1S/C21H31N3O4/c1-4-24(14-20(26)23-21(27)28-5-2)13-19(25)22-15(3)17-11-10-16-8-6-7-9-18(16)12-17/h10-12,15H,4-9,13-14H2,1-3H3,(H,22,25)(H,23,26,27)/p+1/t15-/m1/s1. The van der Waals surface area contributed by atoms with E-state index in [1.54, 1.807) is 6.92 Å². The molecule has 1 aromatic rings. The fraction of sp³-hybridized carbons (Fsp3) is 0.571. The van der Waals surface area contributed by atoms with Crippen molar-refractivity contribution in [2.24, 2.45) is 0 Å². The number of aryl methyl sites for hydroxylation is 2. The van der Waals surface area contributed by atoms with Gasteiger partial charge in [-0.15, -0.1) is 0 Å². The normalized spacial score (nSPS) is 15.1. The van der Waals surface area contributed by atoms with E-state index in [2.05, 4.69) is 28.8 Å². The second kappa shape index (κ2) is 10.8. The van der Waals surface area contributed by atoms with E-state index < -0.39 is 12.0 Å². The van der Waals surface area contributed by atoms with Crippen LogP contribution in [-0.2, 0) is 27.2 Å². The van der Waals surface area contributed by atoms with Gasteiger partial charge in [-0.1, -0.05) is 18.2 Å². The van der Waals surface area contributed by atoms with Crippen molar-refractivity contribution in [2.45, 2.75) is 52.5 Å². The largest absolute Gasteiger partial charge is 0.450 e. The van der Waals surface area contributed by atoms with E-state index in [1.165, 1.54) is 24.0 Å². The number of ether oxygens (including phenoxy) is 1. The number of likely N-dealkylation sites (N-methyl/N-ethyl adjacent to an activating group) is 1. The average Bonchev–Trinajstić information content (AvgIpc) is 2.66. The minimum Gasteiger partial charge on any atom is -0.450 e. The van der Waals surface area contributed by atoms with Crippen molar-refractivity contribution >= 4 is 17.9 Å². The molecule has 0 saturated heterocycles. The number of fused-ring (bicyclic) bond motifs is 1. The molecule has 0 aromatic heterocycles. The first-order chi connectivity index (χ1) is 13.4. The Labute approximate surface area is 166 Å². The molecule has 1 unspecified atom stereocenters. The molecular weight excluding hydrogens is 358 g/mol. The van der Waals surface area contributed by atoms with Crippen LogP contribution in [0.3, 0.4) is 0 Å². The molecule has 1 aromatic carbocycles. The lowest BCUT2D eigenvalue weighted by Gasteiger charge is -2.21. The van der Waals surface area contributed by atoms with Crippen molar-refractivity contribution in [3.63, 3.8) is 0 Å². The zero-order valence-corrected chi connectivity index (χ0v) is 17.1. The van der Waals surface area contributed by atoms with Gasteiger partial charge in [-0.2, -0.15) is 0 Å². The zero-order chi connectivity index (χ0) is 20.5. The van der Waals surface area contributed by atoms with E-state index in [4.69, 9.17) is 4.74 Å². The molecule has 0 fully saturated rings. The third kappa shape index (κ3) is 6.64. The molecule has 7 heteroatoms. The number of carbonyl (C=O) groups is 3. The summed E-state index contributed by atoms with van der Waals surface area (Å²) in [5.41, 5.74) is 3.91. The van der Waals surface area contributed by atoms with Gasteiger partial charge in [-0.05, 0) is 63.1 Å². The van der Waals surface area contributed by atoms with Crippen LogP contribution < -0.4 is 15.5 Å². The number of rotatable bonds is 8. The topological polar surface area (TPSA) is 88.9 Å². The van der Waals surface area contributed by atoms with Crippen molar-refractivity contribution < 1.29 is 24.0 Å². The summed E-state index contributed by atoms with van der Waals surface area (Å²) in [6, 6.07) is 6.38. The Morgan fingerprint density at radius 2 is 1.75 bits per heavy atom. The molecule has 0 aliphatic heterocycles. The SMILES string of the molecule is CCOC(=O)NC(=O)C[NH+](CC)CC(=O)N[C@H](C)c1ccc2c(c1)CCCC2. The smallest absolute Gasteiger partial charge is 0.414 e. The van der Waals surface area contributed by atoms with E-state index in [1.807, 2.05) is 13.8 Å². The Morgan fingerprint density at radius 1 is 1.07 bits per heavy atom. The molecule has 0 bridgehead atoms. The molecular formula is C21H32N3O4+. The predicted octanol–water partition coefficient (Wildman–Crippen LogP) is 0.920. The van der Waals surface area contributed by atoms with Gasteiger partial charge in [-0.25, -0.2) is 4.79 Å². The Balaban J connectivity index is 1.85. The molecule has 7 nitrogen and oxygen atoms in total. The van der Waals surface area contributed by atoms with Gasteiger partial charge in [-0.3, -0.25) is 14.9 Å². The van der Waals surface area contributed by atoms with Crippen LogP contribution in [0.15, 0.2) is 18.2 Å². The second-order valence-corrected chi connectivity index (χ2v) is 7.25. The maximum atomic E-state index is 12.4. The molecule has 0 heterocycles. The third-order valence-corrected chi connectivity index (χ3v) is 5.09. The van der Waals surface area contributed by atoms with Gasteiger partial charge in [0.1, 0.15) is 0 Å². The number of amides is 3. The highest BCUT2D eigenvalue weighted by atomic mass is 16.5. The van der Waals surface area contributed by atoms with Crippen LogP contribution in [0.4, 0.5) is 4.79 Å². The van der Waals surface area contributed by atoms with Crippen LogP contribution in [0.25, 0.3) is 0 Å². The fourth-order valence-corrected chi connectivity index (χ4v) is 3.49. The summed E-state index contributed by atoms with van der Waals surface area (Å²) in [6.07, 6.45) is 3.96. The predicted molar refractivity (Wildman–Crippen MR) is 106 cm³/mol. The van der Waals surface area contributed by atoms with E-state index in [9.17, 15) is 14.4 Å². The molecule has 3 amide bonds. The molecule has 0 spiro atoms. The average molecular weight is 391 g/mol. The number of hydrogen-bond donors (Lipinski definition) is 3. The summed E-state index contributed by atoms with van der Waals surface area (Å²) in [6.45, 7) is 6.54. The lowest BCUT2D eigenvalue weighted by molar-refractivity contribution is -0.881. The number of hydrogen-bond acceptors (Lipinski definition) is 4. The molecule has 154 valence electrons. The van der Waals surface area contributed by atoms with E-state index in [0.29, 0.717) is 6.54 Å². The van der Waals surface area contributed by atoms with Gasteiger partial charge in [0.25, 0.3) is 11.8 Å². The molecule has 3 N–H and O–H groups in total.